The van der Waals surface area contributed by atoms with Crippen LogP contribution in [0.25, 0.3) is 5.57 Å². The number of carbonyl (C=O) groups excluding carboxylic acids is 1. The van der Waals surface area contributed by atoms with Gasteiger partial charge in [0.15, 0.2) is 0 Å². The fraction of sp³-hybridized carbons (Fsp3) is 0.529. The Bertz CT molecular complexity index is 414. The third kappa shape index (κ3) is 6.00. The Morgan fingerprint density at radius 1 is 1.35 bits per heavy atom. The molecule has 1 N–H and O–H groups in total. The van der Waals surface area contributed by atoms with Crippen LogP contribution in [0.2, 0.25) is 0 Å². The summed E-state index contributed by atoms with van der Waals surface area (Å²) >= 11 is 0. The Morgan fingerprint density at radius 2 is 2.10 bits per heavy atom. The summed E-state index contributed by atoms with van der Waals surface area (Å²) in [6.45, 7) is 8.75. The third-order valence-corrected chi connectivity index (χ3v) is 3.50. The number of allylic oxidation sites excluding steroid dienone is 1. The number of rotatable bonds is 9. The molecule has 1 atom stereocenters. The fourth-order valence-corrected chi connectivity index (χ4v) is 2.32. The van der Waals surface area contributed by atoms with Crippen LogP contribution in [0.3, 0.4) is 0 Å². The van der Waals surface area contributed by atoms with Crippen molar-refractivity contribution >= 4 is 11.5 Å². The Morgan fingerprint density at radius 3 is 2.70 bits per heavy atom. The summed E-state index contributed by atoms with van der Waals surface area (Å²) in [7, 11) is 0. The lowest BCUT2D eigenvalue weighted by Crippen LogP contribution is -2.21. The molecule has 0 aliphatic carbocycles. The molecule has 0 fully saturated rings. The van der Waals surface area contributed by atoms with Gasteiger partial charge in [-0.2, -0.15) is 0 Å². The lowest BCUT2D eigenvalue weighted by Gasteiger charge is -2.19. The van der Waals surface area contributed by atoms with Crippen molar-refractivity contribution in [2.75, 3.05) is 6.54 Å². The van der Waals surface area contributed by atoms with Gasteiger partial charge in [-0.3, -0.25) is 9.78 Å². The highest BCUT2D eigenvalue weighted by atomic mass is 16.1. The number of unbranched alkanes of at least 4 members (excludes halogenated alkanes) is 1. The van der Waals surface area contributed by atoms with Crippen LogP contribution in [-0.4, -0.2) is 17.4 Å². The molecule has 0 radical (unpaired) electrons. The van der Waals surface area contributed by atoms with Gasteiger partial charge in [0.2, 0.25) is 5.91 Å². The molecule has 110 valence electrons. The zero-order valence-corrected chi connectivity index (χ0v) is 12.7. The molecule has 1 amide bonds. The number of carbonyl (C=O) groups is 1. The Kier molecular flexibility index (Phi) is 7.63. The van der Waals surface area contributed by atoms with Crippen molar-refractivity contribution in [1.29, 1.82) is 0 Å². The molecule has 1 rings (SSSR count). The molecule has 0 aliphatic heterocycles. The SMILES string of the molecule is C=C(c1ccccn1)C(CCCC)CCCNC(C)=O. The highest BCUT2D eigenvalue weighted by Gasteiger charge is 2.14. The van der Waals surface area contributed by atoms with Gasteiger partial charge in [-0.05, 0) is 42.9 Å². The average molecular weight is 274 g/mol. The first-order chi connectivity index (χ1) is 9.65. The van der Waals surface area contributed by atoms with E-state index < -0.39 is 0 Å². The van der Waals surface area contributed by atoms with Gasteiger partial charge in [0.1, 0.15) is 0 Å². The van der Waals surface area contributed by atoms with Crippen LogP contribution < -0.4 is 5.32 Å². The number of hydrogen-bond donors (Lipinski definition) is 1. The van der Waals surface area contributed by atoms with Crippen LogP contribution in [0.1, 0.15) is 51.6 Å². The van der Waals surface area contributed by atoms with Crippen LogP contribution in [0.5, 0.6) is 0 Å². The van der Waals surface area contributed by atoms with Crippen molar-refractivity contribution in [3.63, 3.8) is 0 Å². The van der Waals surface area contributed by atoms with E-state index in [1.54, 1.807) is 6.92 Å². The monoisotopic (exact) mass is 274 g/mol. The van der Waals surface area contributed by atoms with Crippen molar-refractivity contribution in [3.05, 3.63) is 36.7 Å². The van der Waals surface area contributed by atoms with Gasteiger partial charge >= 0.3 is 0 Å². The summed E-state index contributed by atoms with van der Waals surface area (Å²) < 4.78 is 0. The number of amides is 1. The smallest absolute Gasteiger partial charge is 0.216 e. The Hall–Kier alpha value is -1.64. The summed E-state index contributed by atoms with van der Waals surface area (Å²) in [6, 6.07) is 5.95. The Balaban J connectivity index is 2.54. The summed E-state index contributed by atoms with van der Waals surface area (Å²) in [4.78, 5) is 15.3. The maximum Gasteiger partial charge on any atom is 0.216 e. The predicted octanol–water partition coefficient (Wildman–Crippen LogP) is 3.82. The molecule has 3 heteroatoms. The molecule has 20 heavy (non-hydrogen) atoms. The molecule has 0 saturated carbocycles. The maximum absolute atomic E-state index is 10.9. The number of nitrogens with one attached hydrogen (secondary N) is 1. The number of nitrogens with zero attached hydrogens (tertiary/aromatic N) is 1. The van der Waals surface area contributed by atoms with Gasteiger partial charge in [-0.25, -0.2) is 0 Å². The molecular weight excluding hydrogens is 248 g/mol. The molecule has 0 aliphatic rings. The van der Waals surface area contributed by atoms with Gasteiger partial charge in [0.25, 0.3) is 0 Å². The zero-order valence-electron chi connectivity index (χ0n) is 12.7. The van der Waals surface area contributed by atoms with Gasteiger partial charge < -0.3 is 5.32 Å². The van der Waals surface area contributed by atoms with Crippen molar-refractivity contribution in [3.8, 4) is 0 Å². The normalized spacial score (nSPS) is 11.9. The second-order valence-electron chi connectivity index (χ2n) is 5.20. The van der Waals surface area contributed by atoms with E-state index in [4.69, 9.17) is 0 Å². The minimum absolute atomic E-state index is 0.0404. The summed E-state index contributed by atoms with van der Waals surface area (Å²) in [6.07, 6.45) is 7.39. The fourth-order valence-electron chi connectivity index (χ4n) is 2.32. The molecule has 0 spiro atoms. The first kappa shape index (κ1) is 16.4. The first-order valence-corrected chi connectivity index (χ1v) is 7.49. The van der Waals surface area contributed by atoms with Crippen LogP contribution in [0.4, 0.5) is 0 Å². The van der Waals surface area contributed by atoms with Crippen LogP contribution >= 0.6 is 0 Å². The third-order valence-electron chi connectivity index (χ3n) is 3.50. The van der Waals surface area contributed by atoms with E-state index in [1.165, 1.54) is 12.8 Å². The molecule has 1 unspecified atom stereocenters. The van der Waals surface area contributed by atoms with Crippen LogP contribution in [0, 0.1) is 5.92 Å². The van der Waals surface area contributed by atoms with E-state index in [0.29, 0.717) is 5.92 Å². The molecule has 3 nitrogen and oxygen atoms in total. The van der Waals surface area contributed by atoms with Gasteiger partial charge in [0, 0.05) is 19.7 Å². The molecule has 0 aromatic carbocycles. The largest absolute Gasteiger partial charge is 0.356 e. The number of hydrogen-bond acceptors (Lipinski definition) is 2. The van der Waals surface area contributed by atoms with E-state index in [1.807, 2.05) is 24.4 Å². The summed E-state index contributed by atoms with van der Waals surface area (Å²) in [5.41, 5.74) is 2.12. The first-order valence-electron chi connectivity index (χ1n) is 7.49. The molecule has 0 saturated heterocycles. The summed E-state index contributed by atoms with van der Waals surface area (Å²) in [5.74, 6) is 0.497. The minimum Gasteiger partial charge on any atom is -0.356 e. The topological polar surface area (TPSA) is 42.0 Å². The van der Waals surface area contributed by atoms with Crippen molar-refractivity contribution in [1.82, 2.24) is 10.3 Å². The van der Waals surface area contributed by atoms with E-state index in [9.17, 15) is 4.79 Å². The van der Waals surface area contributed by atoms with Crippen LogP contribution in [-0.2, 0) is 4.79 Å². The molecule has 1 aromatic rings. The van der Waals surface area contributed by atoms with Gasteiger partial charge in [-0.15, -0.1) is 0 Å². The van der Waals surface area contributed by atoms with Gasteiger partial charge in [-0.1, -0.05) is 32.4 Å². The van der Waals surface area contributed by atoms with Crippen molar-refractivity contribution < 1.29 is 4.79 Å². The molecule has 0 bridgehead atoms. The van der Waals surface area contributed by atoms with Crippen molar-refractivity contribution in [2.24, 2.45) is 5.92 Å². The number of aromatic nitrogens is 1. The highest BCUT2D eigenvalue weighted by Crippen LogP contribution is 2.28. The molecular formula is C17H26N2O. The summed E-state index contributed by atoms with van der Waals surface area (Å²) in [5, 5.41) is 2.85. The van der Waals surface area contributed by atoms with E-state index in [2.05, 4.69) is 23.8 Å². The Labute approximate surface area is 122 Å². The standard InChI is InChI=1S/C17H26N2O/c1-4-5-9-16(10-8-13-18-15(3)20)14(2)17-11-6-7-12-19-17/h6-7,11-12,16H,2,4-5,8-10,13H2,1,3H3,(H,18,20). The van der Waals surface area contributed by atoms with E-state index in [-0.39, 0.29) is 5.91 Å². The zero-order chi connectivity index (χ0) is 14.8. The quantitative estimate of drug-likeness (QED) is 0.696. The highest BCUT2D eigenvalue weighted by molar-refractivity contribution is 5.72. The number of pyridine rings is 1. The molecule has 1 aromatic heterocycles. The van der Waals surface area contributed by atoms with Crippen molar-refractivity contribution in [2.45, 2.75) is 46.0 Å². The second-order valence-corrected chi connectivity index (χ2v) is 5.20. The van der Waals surface area contributed by atoms with E-state index >= 15 is 0 Å². The maximum atomic E-state index is 10.9. The van der Waals surface area contributed by atoms with Gasteiger partial charge in [0.05, 0.1) is 5.69 Å². The molecule has 1 heterocycles. The second kappa shape index (κ2) is 9.29. The lowest BCUT2D eigenvalue weighted by atomic mass is 9.88. The van der Waals surface area contributed by atoms with Crippen LogP contribution in [0.15, 0.2) is 31.0 Å². The predicted molar refractivity (Wildman–Crippen MR) is 84.2 cm³/mol. The lowest BCUT2D eigenvalue weighted by molar-refractivity contribution is -0.118. The minimum atomic E-state index is 0.0404. The van der Waals surface area contributed by atoms with E-state index in [0.717, 1.165) is 37.1 Å². The average Bonchev–Trinajstić information content (AvgIpc) is 2.46.